The van der Waals surface area contributed by atoms with Crippen LogP contribution in [-0.2, 0) is 0 Å². The second-order valence-electron chi connectivity index (χ2n) is 3.80. The Morgan fingerprint density at radius 2 is 1.78 bits per heavy atom. The highest BCUT2D eigenvalue weighted by molar-refractivity contribution is 5.95. The standard InChI is InChI=1S/C13H12FN3O/c14-9-2-4-10(5-3-9)17-12-6-1-8(13(16)18)7-11(12)15/h1-7,17H,15H2,(H2,16,18). The Bertz CT molecular complexity index is 581. The van der Waals surface area contributed by atoms with Crippen molar-refractivity contribution >= 4 is 23.0 Å². The van der Waals surface area contributed by atoms with E-state index in [1.165, 1.54) is 18.2 Å². The second-order valence-corrected chi connectivity index (χ2v) is 3.80. The topological polar surface area (TPSA) is 81.1 Å². The van der Waals surface area contributed by atoms with Gasteiger partial charge in [-0.15, -0.1) is 0 Å². The Hall–Kier alpha value is -2.56. The predicted molar refractivity (Wildman–Crippen MR) is 69.1 cm³/mol. The molecule has 92 valence electrons. The summed E-state index contributed by atoms with van der Waals surface area (Å²) in [5, 5.41) is 3.02. The van der Waals surface area contributed by atoms with Gasteiger partial charge in [-0.25, -0.2) is 4.39 Å². The van der Waals surface area contributed by atoms with E-state index in [0.717, 1.165) is 0 Å². The molecule has 0 spiro atoms. The van der Waals surface area contributed by atoms with Gasteiger partial charge in [0.1, 0.15) is 5.82 Å². The van der Waals surface area contributed by atoms with Crippen LogP contribution < -0.4 is 16.8 Å². The number of nitrogen functional groups attached to an aromatic ring is 1. The van der Waals surface area contributed by atoms with Crippen molar-refractivity contribution in [1.82, 2.24) is 0 Å². The zero-order valence-electron chi connectivity index (χ0n) is 9.48. The molecule has 0 aliphatic heterocycles. The van der Waals surface area contributed by atoms with E-state index in [4.69, 9.17) is 11.5 Å². The van der Waals surface area contributed by atoms with Crippen LogP contribution >= 0.6 is 0 Å². The summed E-state index contributed by atoms with van der Waals surface area (Å²) in [6.45, 7) is 0. The normalized spacial score (nSPS) is 10.1. The lowest BCUT2D eigenvalue weighted by molar-refractivity contribution is 0.100. The fourth-order valence-corrected chi connectivity index (χ4v) is 1.52. The number of anilines is 3. The average Bonchev–Trinajstić information content (AvgIpc) is 2.34. The summed E-state index contributed by atoms with van der Waals surface area (Å²) >= 11 is 0. The Morgan fingerprint density at radius 1 is 1.11 bits per heavy atom. The molecule has 18 heavy (non-hydrogen) atoms. The fraction of sp³-hybridized carbons (Fsp3) is 0. The Balaban J connectivity index is 2.24. The van der Waals surface area contributed by atoms with E-state index >= 15 is 0 Å². The van der Waals surface area contributed by atoms with Crippen LogP contribution in [-0.4, -0.2) is 5.91 Å². The highest BCUT2D eigenvalue weighted by atomic mass is 19.1. The Morgan fingerprint density at radius 3 is 2.33 bits per heavy atom. The lowest BCUT2D eigenvalue weighted by atomic mass is 10.1. The highest BCUT2D eigenvalue weighted by Crippen LogP contribution is 2.24. The van der Waals surface area contributed by atoms with Crippen molar-refractivity contribution in [2.24, 2.45) is 5.73 Å². The van der Waals surface area contributed by atoms with Gasteiger partial charge in [-0.3, -0.25) is 4.79 Å². The van der Waals surface area contributed by atoms with Crippen LogP contribution in [0, 0.1) is 5.82 Å². The maximum absolute atomic E-state index is 12.7. The maximum Gasteiger partial charge on any atom is 0.248 e. The number of amides is 1. The van der Waals surface area contributed by atoms with Crippen LogP contribution in [0.25, 0.3) is 0 Å². The van der Waals surface area contributed by atoms with Crippen LogP contribution in [0.1, 0.15) is 10.4 Å². The minimum absolute atomic E-state index is 0.308. The van der Waals surface area contributed by atoms with E-state index in [0.29, 0.717) is 22.6 Å². The summed E-state index contributed by atoms with van der Waals surface area (Å²) in [5.74, 6) is -0.840. The molecule has 0 radical (unpaired) electrons. The lowest BCUT2D eigenvalue weighted by Crippen LogP contribution is -2.11. The summed E-state index contributed by atoms with van der Waals surface area (Å²) < 4.78 is 12.7. The molecule has 2 aromatic carbocycles. The molecule has 0 bridgehead atoms. The first-order valence-corrected chi connectivity index (χ1v) is 5.28. The number of carbonyl (C=O) groups is 1. The molecule has 1 amide bonds. The van der Waals surface area contributed by atoms with Gasteiger partial charge in [-0.2, -0.15) is 0 Å². The third kappa shape index (κ3) is 2.57. The first-order chi connectivity index (χ1) is 8.56. The lowest BCUT2D eigenvalue weighted by Gasteiger charge is -2.10. The van der Waals surface area contributed by atoms with Gasteiger partial charge in [0.25, 0.3) is 0 Å². The number of nitrogens with two attached hydrogens (primary N) is 2. The quantitative estimate of drug-likeness (QED) is 0.725. The molecule has 0 saturated carbocycles. The second kappa shape index (κ2) is 4.75. The number of nitrogens with one attached hydrogen (secondary N) is 1. The summed E-state index contributed by atoms with van der Waals surface area (Å²) in [7, 11) is 0. The van der Waals surface area contributed by atoms with Crippen molar-refractivity contribution in [3.63, 3.8) is 0 Å². The summed E-state index contributed by atoms with van der Waals surface area (Å²) in [6, 6.07) is 10.6. The molecule has 5 N–H and O–H groups in total. The molecular weight excluding hydrogens is 233 g/mol. The molecular formula is C13H12FN3O. The molecule has 0 aliphatic rings. The first-order valence-electron chi connectivity index (χ1n) is 5.28. The largest absolute Gasteiger partial charge is 0.397 e. The third-order valence-electron chi connectivity index (χ3n) is 2.46. The molecule has 0 heterocycles. The van der Waals surface area contributed by atoms with Gasteiger partial charge in [-0.05, 0) is 42.5 Å². The minimum Gasteiger partial charge on any atom is -0.397 e. The van der Waals surface area contributed by atoms with Gasteiger partial charge < -0.3 is 16.8 Å². The number of hydrogen-bond donors (Lipinski definition) is 3. The number of rotatable bonds is 3. The molecule has 2 rings (SSSR count). The van der Waals surface area contributed by atoms with E-state index in [1.54, 1.807) is 24.3 Å². The zero-order chi connectivity index (χ0) is 13.1. The van der Waals surface area contributed by atoms with Crippen molar-refractivity contribution in [2.45, 2.75) is 0 Å². The van der Waals surface area contributed by atoms with Gasteiger partial charge in [0.05, 0.1) is 11.4 Å². The minimum atomic E-state index is -0.532. The molecule has 0 aliphatic carbocycles. The maximum atomic E-state index is 12.7. The van der Waals surface area contributed by atoms with Crippen LogP contribution in [0.4, 0.5) is 21.5 Å². The number of benzene rings is 2. The zero-order valence-corrected chi connectivity index (χ0v) is 9.48. The van der Waals surface area contributed by atoms with Gasteiger partial charge in [0.2, 0.25) is 5.91 Å². The van der Waals surface area contributed by atoms with Crippen molar-refractivity contribution in [3.05, 3.63) is 53.8 Å². The first kappa shape index (κ1) is 11.9. The van der Waals surface area contributed by atoms with Gasteiger partial charge in [-0.1, -0.05) is 0 Å². The van der Waals surface area contributed by atoms with Crippen LogP contribution in [0.15, 0.2) is 42.5 Å². The number of halogens is 1. The predicted octanol–water partition coefficient (Wildman–Crippen LogP) is 2.25. The smallest absolute Gasteiger partial charge is 0.248 e. The van der Waals surface area contributed by atoms with Gasteiger partial charge >= 0.3 is 0 Å². The van der Waals surface area contributed by atoms with Gasteiger partial charge in [0.15, 0.2) is 0 Å². The fourth-order valence-electron chi connectivity index (χ4n) is 1.52. The Kier molecular flexibility index (Phi) is 3.14. The van der Waals surface area contributed by atoms with Crippen molar-refractivity contribution in [1.29, 1.82) is 0 Å². The molecule has 0 unspecified atom stereocenters. The van der Waals surface area contributed by atoms with E-state index < -0.39 is 5.91 Å². The van der Waals surface area contributed by atoms with Gasteiger partial charge in [0, 0.05) is 11.3 Å². The molecule has 0 saturated heterocycles. The number of hydrogen-bond acceptors (Lipinski definition) is 3. The molecule has 0 aromatic heterocycles. The molecule has 0 atom stereocenters. The van der Waals surface area contributed by atoms with Crippen LogP contribution in [0.3, 0.4) is 0 Å². The number of carbonyl (C=O) groups excluding carboxylic acids is 1. The summed E-state index contributed by atoms with van der Waals surface area (Å²) in [6.07, 6.45) is 0. The van der Waals surface area contributed by atoms with E-state index in [2.05, 4.69) is 5.32 Å². The summed E-state index contributed by atoms with van der Waals surface area (Å²) in [4.78, 5) is 11.0. The molecule has 5 heteroatoms. The third-order valence-corrected chi connectivity index (χ3v) is 2.46. The van der Waals surface area contributed by atoms with Crippen LogP contribution in [0.2, 0.25) is 0 Å². The van der Waals surface area contributed by atoms with E-state index in [9.17, 15) is 9.18 Å². The number of primary amides is 1. The highest BCUT2D eigenvalue weighted by Gasteiger charge is 2.05. The molecule has 2 aromatic rings. The monoisotopic (exact) mass is 245 g/mol. The van der Waals surface area contributed by atoms with E-state index in [-0.39, 0.29) is 5.82 Å². The van der Waals surface area contributed by atoms with Crippen molar-refractivity contribution in [2.75, 3.05) is 11.1 Å². The van der Waals surface area contributed by atoms with Crippen molar-refractivity contribution in [3.8, 4) is 0 Å². The average molecular weight is 245 g/mol. The van der Waals surface area contributed by atoms with E-state index in [1.807, 2.05) is 0 Å². The SMILES string of the molecule is NC(=O)c1ccc(Nc2ccc(F)cc2)c(N)c1. The molecule has 0 fully saturated rings. The van der Waals surface area contributed by atoms with Crippen molar-refractivity contribution < 1.29 is 9.18 Å². The molecule has 4 nitrogen and oxygen atoms in total. The van der Waals surface area contributed by atoms with Crippen LogP contribution in [0.5, 0.6) is 0 Å². The Labute approximate surface area is 103 Å². The summed E-state index contributed by atoms with van der Waals surface area (Å²) in [5.41, 5.74) is 13.0.